The summed E-state index contributed by atoms with van der Waals surface area (Å²) in [6.07, 6.45) is 4.04. The second-order valence-corrected chi connectivity index (χ2v) is 14.0. The van der Waals surface area contributed by atoms with Crippen LogP contribution in [-0.2, 0) is 0 Å². The molecule has 0 aromatic carbocycles. The van der Waals surface area contributed by atoms with Gasteiger partial charge in [-0.3, -0.25) is 0 Å². The minimum absolute atomic E-state index is 0.342. The number of thioether (sulfide) groups is 6. The summed E-state index contributed by atoms with van der Waals surface area (Å²) in [4.78, 5) is 0. The van der Waals surface area contributed by atoms with Crippen LogP contribution in [0.5, 0.6) is 0 Å². The molecule has 2 rings (SSSR count). The average molecular weight is 433 g/mol. The van der Waals surface area contributed by atoms with E-state index >= 15 is 0 Å². The molecule has 0 spiro atoms. The van der Waals surface area contributed by atoms with Gasteiger partial charge in [0.1, 0.15) is 0 Å². The van der Waals surface area contributed by atoms with Gasteiger partial charge in [0.2, 0.25) is 0 Å². The zero-order valence-electron chi connectivity index (χ0n) is 13.4. The average Bonchev–Trinajstić information content (AvgIpc) is 3.22. The van der Waals surface area contributed by atoms with E-state index in [4.69, 9.17) is 10.2 Å². The molecule has 2 aliphatic heterocycles. The van der Waals surface area contributed by atoms with Gasteiger partial charge in [0, 0.05) is 33.5 Å². The van der Waals surface area contributed by atoms with Gasteiger partial charge in [-0.2, -0.15) is 23.5 Å². The third kappa shape index (κ3) is 8.98. The molecule has 2 nitrogen and oxygen atoms in total. The normalized spacial score (nSPS) is 31.0. The van der Waals surface area contributed by atoms with Crippen LogP contribution >= 0.6 is 70.6 Å². The summed E-state index contributed by atoms with van der Waals surface area (Å²) in [6.45, 7) is 0.685. The molecule has 0 amide bonds. The molecule has 0 aliphatic carbocycles. The second kappa shape index (κ2) is 13.2. The van der Waals surface area contributed by atoms with Gasteiger partial charge in [-0.15, -0.1) is 47.0 Å². The quantitative estimate of drug-likeness (QED) is 0.449. The smallest absolute Gasteiger partial charge is 0.0597 e. The van der Waals surface area contributed by atoms with Crippen LogP contribution in [0.15, 0.2) is 0 Å². The van der Waals surface area contributed by atoms with Crippen molar-refractivity contribution in [1.82, 2.24) is 0 Å². The molecule has 4 atom stereocenters. The largest absolute Gasteiger partial charge is 0.395 e. The molecule has 0 bridgehead atoms. The molecule has 8 heteroatoms. The molecule has 136 valence electrons. The Hall–Kier alpha value is 2.02. The minimum atomic E-state index is 0.342. The van der Waals surface area contributed by atoms with Gasteiger partial charge in [-0.25, -0.2) is 0 Å². The van der Waals surface area contributed by atoms with E-state index in [1.165, 1.54) is 42.3 Å². The highest BCUT2D eigenvalue weighted by Crippen LogP contribution is 2.40. The van der Waals surface area contributed by atoms with Crippen molar-refractivity contribution in [3.05, 3.63) is 0 Å². The van der Waals surface area contributed by atoms with Crippen LogP contribution < -0.4 is 0 Å². The van der Waals surface area contributed by atoms with Crippen molar-refractivity contribution in [2.45, 2.75) is 38.9 Å². The first-order chi connectivity index (χ1) is 11.3. The van der Waals surface area contributed by atoms with Gasteiger partial charge in [0.25, 0.3) is 0 Å². The highest BCUT2D eigenvalue weighted by atomic mass is 32.2. The lowest BCUT2D eigenvalue weighted by Gasteiger charge is -2.09. The molecule has 0 aromatic rings. The van der Waals surface area contributed by atoms with Crippen molar-refractivity contribution in [2.24, 2.45) is 0 Å². The fourth-order valence-corrected chi connectivity index (χ4v) is 11.7. The summed E-state index contributed by atoms with van der Waals surface area (Å²) in [5.41, 5.74) is 0. The fraction of sp³-hybridized carbons (Fsp3) is 1.00. The highest BCUT2D eigenvalue weighted by molar-refractivity contribution is 8.22. The second-order valence-electron chi connectivity index (χ2n) is 5.62. The van der Waals surface area contributed by atoms with E-state index in [9.17, 15) is 0 Å². The van der Waals surface area contributed by atoms with Crippen molar-refractivity contribution in [2.75, 3.05) is 47.7 Å². The van der Waals surface area contributed by atoms with Gasteiger partial charge in [0.15, 0.2) is 0 Å². The topological polar surface area (TPSA) is 40.5 Å². The first-order valence-electron chi connectivity index (χ1n) is 8.23. The summed E-state index contributed by atoms with van der Waals surface area (Å²) in [5.74, 6) is 7.31. The van der Waals surface area contributed by atoms with E-state index in [0.29, 0.717) is 32.9 Å². The molecule has 0 aromatic heterocycles. The number of unbranched alkanes of at least 4 members (excludes halogenated alkanes) is 2. The van der Waals surface area contributed by atoms with Crippen LogP contribution in [0.1, 0.15) is 19.3 Å². The summed E-state index contributed by atoms with van der Waals surface area (Å²) >= 11 is 12.2. The van der Waals surface area contributed by atoms with Crippen molar-refractivity contribution in [3.63, 3.8) is 0 Å². The highest BCUT2D eigenvalue weighted by Gasteiger charge is 2.25. The lowest BCUT2D eigenvalue weighted by atomic mass is 10.3. The maximum Gasteiger partial charge on any atom is 0.0597 e. The minimum Gasteiger partial charge on any atom is -0.395 e. The summed E-state index contributed by atoms with van der Waals surface area (Å²) in [6, 6.07) is 0. The van der Waals surface area contributed by atoms with E-state index in [2.05, 4.69) is 23.5 Å². The molecule has 0 radical (unpaired) electrons. The molecule has 0 saturated carbocycles. The maximum absolute atomic E-state index is 9.13. The van der Waals surface area contributed by atoms with E-state index in [0.717, 1.165) is 11.5 Å². The van der Waals surface area contributed by atoms with E-state index in [1.54, 1.807) is 0 Å². The predicted octanol–water partition coefficient (Wildman–Crippen LogP) is 3.96. The molecule has 2 heterocycles. The van der Waals surface area contributed by atoms with Crippen LogP contribution in [0.4, 0.5) is 0 Å². The first kappa shape index (κ1) is 21.3. The molecule has 2 N–H and O–H groups in total. The SMILES string of the molecule is OCC1CSC(CSCCCCCSCC2SCC(CO)S2)S1. The molecule has 23 heavy (non-hydrogen) atoms. The van der Waals surface area contributed by atoms with Gasteiger partial charge in [-0.05, 0) is 24.3 Å². The number of aliphatic hydroxyl groups is 2. The number of rotatable bonds is 12. The maximum atomic E-state index is 9.13. The lowest BCUT2D eigenvalue weighted by Crippen LogP contribution is -2.07. The zero-order chi connectivity index (χ0) is 16.3. The predicted molar refractivity (Wildman–Crippen MR) is 118 cm³/mol. The van der Waals surface area contributed by atoms with Crippen LogP contribution in [0.2, 0.25) is 0 Å². The third-order valence-corrected chi connectivity index (χ3v) is 13.3. The van der Waals surface area contributed by atoms with Gasteiger partial charge >= 0.3 is 0 Å². The summed E-state index contributed by atoms with van der Waals surface area (Å²) < 4.78 is 1.41. The van der Waals surface area contributed by atoms with Gasteiger partial charge in [-0.1, -0.05) is 6.42 Å². The van der Waals surface area contributed by atoms with E-state index in [-0.39, 0.29) is 0 Å². The molecule has 2 fully saturated rings. The van der Waals surface area contributed by atoms with Crippen LogP contribution in [-0.4, -0.2) is 77.6 Å². The Bertz CT molecular complexity index is 282. The van der Waals surface area contributed by atoms with Crippen molar-refractivity contribution < 1.29 is 10.2 Å². The molecule has 4 unspecified atom stereocenters. The number of aliphatic hydroxyl groups excluding tert-OH is 2. The number of hydrogen-bond donors (Lipinski definition) is 2. The van der Waals surface area contributed by atoms with Crippen LogP contribution in [0, 0.1) is 0 Å². The Morgan fingerprint density at radius 3 is 1.61 bits per heavy atom. The first-order valence-corrected chi connectivity index (χ1v) is 14.5. The summed E-state index contributed by atoms with van der Waals surface area (Å²) in [5, 5.41) is 19.2. The van der Waals surface area contributed by atoms with Crippen LogP contribution in [0.3, 0.4) is 0 Å². The molecular weight excluding hydrogens is 405 g/mol. The molecular formula is C15H28O2S6. The van der Waals surface area contributed by atoms with Crippen molar-refractivity contribution in [1.29, 1.82) is 0 Å². The Morgan fingerprint density at radius 2 is 1.22 bits per heavy atom. The van der Waals surface area contributed by atoms with Gasteiger partial charge in [0.05, 0.1) is 22.4 Å². The lowest BCUT2D eigenvalue weighted by molar-refractivity contribution is 0.301. The Balaban J connectivity index is 1.32. The standard InChI is InChI=1S/C15H28O2S6/c16-6-12-8-20-14(22-12)10-18-4-2-1-3-5-19-11-15-21-9-13(7-17)23-15/h12-17H,1-11H2. The Labute approximate surface area is 166 Å². The summed E-state index contributed by atoms with van der Waals surface area (Å²) in [7, 11) is 0. The molecule has 2 aliphatic rings. The Kier molecular flexibility index (Phi) is 12.3. The van der Waals surface area contributed by atoms with Crippen molar-refractivity contribution in [3.8, 4) is 0 Å². The third-order valence-electron chi connectivity index (χ3n) is 3.62. The monoisotopic (exact) mass is 432 g/mol. The van der Waals surface area contributed by atoms with E-state index in [1.807, 2.05) is 47.0 Å². The van der Waals surface area contributed by atoms with Crippen LogP contribution in [0.25, 0.3) is 0 Å². The van der Waals surface area contributed by atoms with Crippen molar-refractivity contribution >= 4 is 70.6 Å². The Morgan fingerprint density at radius 1 is 0.739 bits per heavy atom. The fourth-order valence-electron chi connectivity index (χ4n) is 2.33. The van der Waals surface area contributed by atoms with E-state index < -0.39 is 0 Å². The molecule has 2 saturated heterocycles. The van der Waals surface area contributed by atoms with Gasteiger partial charge < -0.3 is 10.2 Å². The number of hydrogen-bond acceptors (Lipinski definition) is 8. The zero-order valence-corrected chi connectivity index (χ0v) is 18.3.